The third-order valence-electron chi connectivity index (χ3n) is 2.92. The fourth-order valence-corrected chi connectivity index (χ4v) is 2.74. The van der Waals surface area contributed by atoms with Gasteiger partial charge in [0.05, 0.1) is 5.56 Å². The summed E-state index contributed by atoms with van der Waals surface area (Å²) in [5.74, 6) is -0.878. The summed E-state index contributed by atoms with van der Waals surface area (Å²) in [5, 5.41) is 15.0. The van der Waals surface area contributed by atoms with Crippen molar-refractivity contribution in [3.05, 3.63) is 52.3 Å². The van der Waals surface area contributed by atoms with Gasteiger partial charge in [0.15, 0.2) is 0 Å². The number of benzene rings is 1. The zero-order valence-electron chi connectivity index (χ0n) is 10.0. The van der Waals surface area contributed by atoms with Crippen molar-refractivity contribution in [2.75, 3.05) is 5.32 Å². The van der Waals surface area contributed by atoms with Gasteiger partial charge in [-0.05, 0) is 30.3 Å². The lowest BCUT2D eigenvalue weighted by molar-refractivity contribution is 0.0697. The van der Waals surface area contributed by atoms with Gasteiger partial charge in [-0.15, -0.1) is 11.3 Å². The quantitative estimate of drug-likeness (QED) is 0.680. The molecule has 0 radical (unpaired) electrons. The second kappa shape index (κ2) is 4.78. The van der Waals surface area contributed by atoms with Crippen LogP contribution in [0.5, 0.6) is 0 Å². The molecule has 0 bridgehead atoms. The van der Waals surface area contributed by atoms with Crippen molar-refractivity contribution in [1.82, 2.24) is 4.98 Å². The summed E-state index contributed by atoms with van der Waals surface area (Å²) in [7, 11) is 0. The molecule has 0 amide bonds. The summed E-state index contributed by atoms with van der Waals surface area (Å²) >= 11 is 1.45. The third kappa shape index (κ3) is 2.46. The number of carboxylic acids is 1. The van der Waals surface area contributed by atoms with Gasteiger partial charge in [0, 0.05) is 39.6 Å². The zero-order valence-corrected chi connectivity index (χ0v) is 10.8. The monoisotopic (exact) mass is 272 g/mol. The second-order valence-electron chi connectivity index (χ2n) is 4.24. The lowest BCUT2D eigenvalue weighted by atomic mass is 10.2. The minimum Gasteiger partial charge on any atom is -0.478 e. The Morgan fingerprint density at radius 1 is 1.32 bits per heavy atom. The number of carbonyl (C=O) groups is 1. The van der Waals surface area contributed by atoms with E-state index in [2.05, 4.69) is 16.4 Å². The van der Waals surface area contributed by atoms with Gasteiger partial charge in [0.2, 0.25) is 0 Å². The topological polar surface area (TPSA) is 65.1 Å². The maximum absolute atomic E-state index is 10.8. The zero-order chi connectivity index (χ0) is 13.2. The van der Waals surface area contributed by atoms with Crippen LogP contribution < -0.4 is 5.32 Å². The van der Waals surface area contributed by atoms with Gasteiger partial charge >= 0.3 is 5.97 Å². The van der Waals surface area contributed by atoms with Crippen molar-refractivity contribution in [1.29, 1.82) is 0 Å². The molecule has 3 aromatic rings. The molecule has 0 fully saturated rings. The first kappa shape index (κ1) is 11.8. The van der Waals surface area contributed by atoms with Crippen LogP contribution in [0.15, 0.2) is 41.9 Å². The van der Waals surface area contributed by atoms with Gasteiger partial charge in [-0.2, -0.15) is 0 Å². The Balaban J connectivity index is 1.72. The average Bonchev–Trinajstić information content (AvgIpc) is 3.04. The first-order valence-corrected chi connectivity index (χ1v) is 6.72. The molecule has 0 aliphatic carbocycles. The number of fused-ring (bicyclic) bond motifs is 1. The van der Waals surface area contributed by atoms with Crippen LogP contribution in [0.3, 0.4) is 0 Å². The number of nitrogens with one attached hydrogen (secondary N) is 2. The molecule has 0 saturated heterocycles. The van der Waals surface area contributed by atoms with Crippen molar-refractivity contribution in [2.24, 2.45) is 0 Å². The Bertz CT molecular complexity index is 730. The van der Waals surface area contributed by atoms with Crippen LogP contribution in [0.4, 0.5) is 5.69 Å². The number of hydrogen-bond acceptors (Lipinski definition) is 3. The van der Waals surface area contributed by atoms with Crippen molar-refractivity contribution < 1.29 is 9.90 Å². The number of thiophene rings is 1. The SMILES string of the molecule is O=C(O)c1csc(CNc2ccc3[nH]ccc3c2)c1. The first-order valence-electron chi connectivity index (χ1n) is 5.84. The first-order chi connectivity index (χ1) is 9.22. The van der Waals surface area contributed by atoms with E-state index in [9.17, 15) is 4.79 Å². The molecule has 1 aromatic carbocycles. The number of anilines is 1. The summed E-state index contributed by atoms with van der Waals surface area (Å²) < 4.78 is 0. The Morgan fingerprint density at radius 2 is 2.21 bits per heavy atom. The minimum absolute atomic E-state index is 0.350. The van der Waals surface area contributed by atoms with Gasteiger partial charge in [0.1, 0.15) is 0 Å². The molecule has 0 saturated carbocycles. The van der Waals surface area contributed by atoms with Crippen molar-refractivity contribution in [2.45, 2.75) is 6.54 Å². The predicted molar refractivity (Wildman–Crippen MR) is 76.9 cm³/mol. The van der Waals surface area contributed by atoms with Crippen LogP contribution >= 0.6 is 11.3 Å². The summed E-state index contributed by atoms with van der Waals surface area (Å²) in [6.45, 7) is 0.633. The molecule has 3 N–H and O–H groups in total. The summed E-state index contributed by atoms with van der Waals surface area (Å²) in [4.78, 5) is 14.9. The fourth-order valence-electron chi connectivity index (χ4n) is 1.94. The van der Waals surface area contributed by atoms with Crippen molar-refractivity contribution in [3.8, 4) is 0 Å². The number of rotatable bonds is 4. The smallest absolute Gasteiger partial charge is 0.336 e. The van der Waals surface area contributed by atoms with Crippen LogP contribution in [0, 0.1) is 0 Å². The van der Waals surface area contributed by atoms with Crippen LogP contribution in [0.1, 0.15) is 15.2 Å². The van der Waals surface area contributed by atoms with E-state index < -0.39 is 5.97 Å². The highest BCUT2D eigenvalue weighted by atomic mass is 32.1. The summed E-state index contributed by atoms with van der Waals surface area (Å²) in [6.07, 6.45) is 1.91. The molecule has 2 aromatic heterocycles. The van der Waals surface area contributed by atoms with Gasteiger partial charge in [-0.25, -0.2) is 4.79 Å². The molecule has 0 aliphatic rings. The highest BCUT2D eigenvalue weighted by Crippen LogP contribution is 2.20. The number of H-pyrrole nitrogens is 1. The Hall–Kier alpha value is -2.27. The molecule has 96 valence electrons. The van der Waals surface area contributed by atoms with Crippen molar-refractivity contribution in [3.63, 3.8) is 0 Å². The van der Waals surface area contributed by atoms with E-state index in [-0.39, 0.29) is 0 Å². The number of hydrogen-bond donors (Lipinski definition) is 3. The van der Waals surface area contributed by atoms with Gasteiger partial charge in [-0.3, -0.25) is 0 Å². The maximum Gasteiger partial charge on any atom is 0.336 e. The van der Waals surface area contributed by atoms with Crippen LogP contribution in [-0.2, 0) is 6.54 Å². The van der Waals surface area contributed by atoms with E-state index in [1.54, 1.807) is 11.4 Å². The van der Waals surface area contributed by atoms with Crippen LogP contribution in [-0.4, -0.2) is 16.1 Å². The average molecular weight is 272 g/mol. The lowest BCUT2D eigenvalue weighted by Crippen LogP contribution is -1.97. The largest absolute Gasteiger partial charge is 0.478 e. The molecular weight excluding hydrogens is 260 g/mol. The number of carboxylic acid groups (broad SMARTS) is 1. The van der Waals surface area contributed by atoms with Gasteiger partial charge in [-0.1, -0.05) is 0 Å². The summed E-state index contributed by atoms with van der Waals surface area (Å²) in [5.41, 5.74) is 2.48. The second-order valence-corrected chi connectivity index (χ2v) is 5.24. The highest BCUT2D eigenvalue weighted by molar-refractivity contribution is 7.10. The number of aromatic nitrogens is 1. The molecule has 0 unspecified atom stereocenters. The van der Waals surface area contributed by atoms with E-state index in [1.807, 2.05) is 24.4 Å². The molecule has 4 nitrogen and oxygen atoms in total. The molecule has 0 atom stereocenters. The van der Waals surface area contributed by atoms with E-state index in [0.717, 1.165) is 21.5 Å². The molecule has 5 heteroatoms. The standard InChI is InChI=1S/C14H12N2O2S/c17-14(18)10-6-12(19-8-10)7-16-11-1-2-13-9(5-11)3-4-15-13/h1-6,8,15-16H,7H2,(H,17,18). The highest BCUT2D eigenvalue weighted by Gasteiger charge is 2.06. The minimum atomic E-state index is -0.878. The molecule has 19 heavy (non-hydrogen) atoms. The molecule has 0 spiro atoms. The van der Waals surface area contributed by atoms with Crippen LogP contribution in [0.2, 0.25) is 0 Å². The van der Waals surface area contributed by atoms with E-state index in [4.69, 9.17) is 5.11 Å². The normalized spacial score (nSPS) is 10.7. The van der Waals surface area contributed by atoms with E-state index in [0.29, 0.717) is 12.1 Å². The van der Waals surface area contributed by atoms with Gasteiger partial charge < -0.3 is 15.4 Å². The molecular formula is C14H12N2O2S. The Morgan fingerprint density at radius 3 is 3.00 bits per heavy atom. The Kier molecular flexibility index (Phi) is 2.97. The fraction of sp³-hybridized carbons (Fsp3) is 0.0714. The Labute approximate surface area is 113 Å². The number of aromatic amines is 1. The molecule has 3 rings (SSSR count). The van der Waals surface area contributed by atoms with E-state index >= 15 is 0 Å². The van der Waals surface area contributed by atoms with Gasteiger partial charge in [0.25, 0.3) is 0 Å². The van der Waals surface area contributed by atoms with E-state index in [1.165, 1.54) is 11.3 Å². The predicted octanol–water partition coefficient (Wildman–Crippen LogP) is 3.54. The lowest BCUT2D eigenvalue weighted by Gasteiger charge is -2.04. The third-order valence-corrected chi connectivity index (χ3v) is 3.86. The molecule has 0 aliphatic heterocycles. The maximum atomic E-state index is 10.8. The van der Waals surface area contributed by atoms with Crippen molar-refractivity contribution >= 4 is 33.9 Å². The molecule has 2 heterocycles. The van der Waals surface area contributed by atoms with Crippen LogP contribution in [0.25, 0.3) is 10.9 Å². The summed E-state index contributed by atoms with van der Waals surface area (Å²) in [6, 6.07) is 9.82. The number of aromatic carboxylic acids is 1.